The molecule has 118 valence electrons. The number of allylic oxidation sites excluding steroid dienone is 1. The van der Waals surface area contributed by atoms with Crippen LogP contribution >= 0.6 is 11.6 Å². The number of fused-ring (bicyclic) bond motifs is 1. The summed E-state index contributed by atoms with van der Waals surface area (Å²) in [6.07, 6.45) is 5.76. The van der Waals surface area contributed by atoms with E-state index in [2.05, 4.69) is 10.3 Å². The van der Waals surface area contributed by atoms with E-state index in [1.165, 1.54) is 5.57 Å². The van der Waals surface area contributed by atoms with Crippen molar-refractivity contribution in [2.75, 3.05) is 11.9 Å². The first kappa shape index (κ1) is 15.4. The summed E-state index contributed by atoms with van der Waals surface area (Å²) in [7, 11) is 0. The van der Waals surface area contributed by atoms with Gasteiger partial charge in [0.05, 0.1) is 5.02 Å². The third-order valence-electron chi connectivity index (χ3n) is 3.37. The minimum atomic E-state index is 0.497. The molecule has 2 aromatic heterocycles. The Bertz CT molecular complexity index is 850. The SMILES string of the molecule is CC(C)=CCOc1cc(Nc2nccc3cccn23)ccc1Cl. The molecule has 0 fully saturated rings. The van der Waals surface area contributed by atoms with E-state index in [9.17, 15) is 0 Å². The van der Waals surface area contributed by atoms with Crippen LogP contribution in [0.4, 0.5) is 11.6 Å². The first-order valence-corrected chi connectivity index (χ1v) is 7.76. The number of hydrogen-bond acceptors (Lipinski definition) is 3. The third kappa shape index (κ3) is 3.66. The molecule has 23 heavy (non-hydrogen) atoms. The maximum atomic E-state index is 6.20. The average Bonchev–Trinajstić information content (AvgIpc) is 2.99. The van der Waals surface area contributed by atoms with Gasteiger partial charge >= 0.3 is 0 Å². The molecule has 4 nitrogen and oxygen atoms in total. The van der Waals surface area contributed by atoms with E-state index < -0.39 is 0 Å². The molecule has 0 saturated heterocycles. The Hall–Kier alpha value is -2.46. The monoisotopic (exact) mass is 327 g/mol. The molecule has 1 N–H and O–H groups in total. The van der Waals surface area contributed by atoms with Crippen LogP contribution < -0.4 is 10.1 Å². The summed E-state index contributed by atoms with van der Waals surface area (Å²) >= 11 is 6.20. The highest BCUT2D eigenvalue weighted by Gasteiger charge is 2.06. The summed E-state index contributed by atoms with van der Waals surface area (Å²) < 4.78 is 7.71. The molecule has 2 heterocycles. The zero-order valence-corrected chi connectivity index (χ0v) is 13.8. The molecule has 3 aromatic rings. The molecule has 0 spiro atoms. The van der Waals surface area contributed by atoms with E-state index in [1.807, 2.05) is 66.9 Å². The van der Waals surface area contributed by atoms with Crippen molar-refractivity contribution in [1.29, 1.82) is 0 Å². The molecule has 0 atom stereocenters. The van der Waals surface area contributed by atoms with E-state index >= 15 is 0 Å². The number of anilines is 2. The first-order chi connectivity index (χ1) is 11.1. The lowest BCUT2D eigenvalue weighted by Gasteiger charge is -2.11. The summed E-state index contributed by atoms with van der Waals surface area (Å²) in [6.45, 7) is 4.57. The molecule has 0 aliphatic carbocycles. The Kier molecular flexibility index (Phi) is 4.53. The largest absolute Gasteiger partial charge is 0.488 e. The topological polar surface area (TPSA) is 38.6 Å². The third-order valence-corrected chi connectivity index (χ3v) is 3.68. The molecule has 0 saturated carbocycles. The van der Waals surface area contributed by atoms with Crippen LogP contribution in [0.3, 0.4) is 0 Å². The van der Waals surface area contributed by atoms with E-state index in [0.717, 1.165) is 17.2 Å². The standard InChI is InChI=1S/C18H18ClN3O/c1-13(2)8-11-23-17-12-14(5-6-16(17)19)21-18-20-9-7-15-4-3-10-22(15)18/h3-10,12H,11H2,1-2H3,(H,20,21). The number of halogens is 1. The van der Waals surface area contributed by atoms with Gasteiger partial charge in [-0.05, 0) is 50.3 Å². The van der Waals surface area contributed by atoms with Crippen LogP contribution in [0.2, 0.25) is 5.02 Å². The van der Waals surface area contributed by atoms with Gasteiger partial charge in [0.15, 0.2) is 0 Å². The van der Waals surface area contributed by atoms with Gasteiger partial charge in [0.2, 0.25) is 5.95 Å². The van der Waals surface area contributed by atoms with Gasteiger partial charge in [-0.2, -0.15) is 0 Å². The minimum Gasteiger partial charge on any atom is -0.488 e. The molecule has 0 amide bonds. The highest BCUT2D eigenvalue weighted by molar-refractivity contribution is 6.32. The number of nitrogens with zero attached hydrogens (tertiary/aromatic N) is 2. The van der Waals surface area contributed by atoms with Crippen molar-refractivity contribution in [3.8, 4) is 5.75 Å². The van der Waals surface area contributed by atoms with E-state index in [-0.39, 0.29) is 0 Å². The normalized spacial score (nSPS) is 10.6. The zero-order chi connectivity index (χ0) is 16.2. The lowest BCUT2D eigenvalue weighted by Crippen LogP contribution is -2.01. The van der Waals surface area contributed by atoms with Gasteiger partial charge in [-0.15, -0.1) is 0 Å². The van der Waals surface area contributed by atoms with E-state index in [1.54, 1.807) is 6.20 Å². The highest BCUT2D eigenvalue weighted by Crippen LogP contribution is 2.29. The Morgan fingerprint density at radius 3 is 3.00 bits per heavy atom. The fraction of sp³-hybridized carbons (Fsp3) is 0.167. The van der Waals surface area contributed by atoms with Gasteiger partial charge in [-0.3, -0.25) is 4.40 Å². The van der Waals surface area contributed by atoms with Crippen LogP contribution in [-0.4, -0.2) is 16.0 Å². The lowest BCUT2D eigenvalue weighted by atomic mass is 10.3. The summed E-state index contributed by atoms with van der Waals surface area (Å²) in [4.78, 5) is 4.38. The predicted octanol–water partition coefficient (Wildman–Crippen LogP) is 5.08. The van der Waals surface area contributed by atoms with Crippen molar-refractivity contribution in [2.45, 2.75) is 13.8 Å². The zero-order valence-electron chi connectivity index (χ0n) is 13.1. The molecular formula is C18H18ClN3O. The predicted molar refractivity (Wildman–Crippen MR) is 94.9 cm³/mol. The summed E-state index contributed by atoms with van der Waals surface area (Å²) in [5, 5.41) is 3.89. The Morgan fingerprint density at radius 1 is 1.30 bits per heavy atom. The smallest absolute Gasteiger partial charge is 0.211 e. The maximum Gasteiger partial charge on any atom is 0.211 e. The van der Waals surface area contributed by atoms with Gasteiger partial charge in [0.1, 0.15) is 12.4 Å². The van der Waals surface area contributed by atoms with Crippen LogP contribution in [-0.2, 0) is 0 Å². The molecule has 0 radical (unpaired) electrons. The highest BCUT2D eigenvalue weighted by atomic mass is 35.5. The van der Waals surface area contributed by atoms with E-state index in [0.29, 0.717) is 17.4 Å². The van der Waals surface area contributed by atoms with Crippen molar-refractivity contribution < 1.29 is 4.74 Å². The van der Waals surface area contributed by atoms with Crippen LogP contribution in [0, 0.1) is 0 Å². The number of rotatable bonds is 5. The number of aromatic nitrogens is 2. The molecule has 0 aliphatic rings. The quantitative estimate of drug-likeness (QED) is 0.664. The number of ether oxygens (including phenoxy) is 1. The fourth-order valence-corrected chi connectivity index (χ4v) is 2.35. The van der Waals surface area contributed by atoms with Crippen LogP contribution in [0.15, 0.2) is 60.4 Å². The maximum absolute atomic E-state index is 6.20. The minimum absolute atomic E-state index is 0.497. The van der Waals surface area contributed by atoms with Gasteiger partial charge in [-0.25, -0.2) is 4.98 Å². The second kappa shape index (κ2) is 6.75. The van der Waals surface area contributed by atoms with Crippen molar-refractivity contribution >= 4 is 28.8 Å². The van der Waals surface area contributed by atoms with Gasteiger partial charge in [0, 0.05) is 29.7 Å². The summed E-state index contributed by atoms with van der Waals surface area (Å²) in [5.74, 6) is 1.39. The number of nitrogens with one attached hydrogen (secondary N) is 1. The molecular weight excluding hydrogens is 310 g/mol. The average molecular weight is 328 g/mol. The second-order valence-corrected chi connectivity index (χ2v) is 5.84. The van der Waals surface area contributed by atoms with Gasteiger partial charge < -0.3 is 10.1 Å². The molecule has 0 aliphatic heterocycles. The molecule has 0 unspecified atom stereocenters. The Balaban J connectivity index is 1.83. The first-order valence-electron chi connectivity index (χ1n) is 7.38. The van der Waals surface area contributed by atoms with Crippen LogP contribution in [0.5, 0.6) is 5.75 Å². The summed E-state index contributed by atoms with van der Waals surface area (Å²) in [6, 6.07) is 11.6. The number of benzene rings is 1. The molecule has 0 bridgehead atoms. The molecule has 5 heteroatoms. The van der Waals surface area contributed by atoms with Gasteiger partial charge in [-0.1, -0.05) is 17.2 Å². The van der Waals surface area contributed by atoms with Gasteiger partial charge in [0.25, 0.3) is 0 Å². The summed E-state index contributed by atoms with van der Waals surface area (Å²) in [5.41, 5.74) is 3.16. The lowest BCUT2D eigenvalue weighted by molar-refractivity contribution is 0.362. The molecule has 3 rings (SSSR count). The number of hydrogen-bond donors (Lipinski definition) is 1. The van der Waals surface area contributed by atoms with E-state index in [4.69, 9.17) is 16.3 Å². The van der Waals surface area contributed by atoms with Crippen molar-refractivity contribution in [2.24, 2.45) is 0 Å². The van der Waals surface area contributed by atoms with Crippen molar-refractivity contribution in [3.05, 3.63) is 65.5 Å². The van der Waals surface area contributed by atoms with Crippen LogP contribution in [0.25, 0.3) is 5.52 Å². The van der Waals surface area contributed by atoms with Crippen LogP contribution in [0.1, 0.15) is 13.8 Å². The second-order valence-electron chi connectivity index (χ2n) is 5.43. The Morgan fingerprint density at radius 2 is 2.17 bits per heavy atom. The van der Waals surface area contributed by atoms with Crippen molar-refractivity contribution in [1.82, 2.24) is 9.38 Å². The molecule has 1 aromatic carbocycles. The van der Waals surface area contributed by atoms with Crippen molar-refractivity contribution in [3.63, 3.8) is 0 Å². The Labute approximate surface area is 140 Å². The fourth-order valence-electron chi connectivity index (χ4n) is 2.18.